The largest absolute Gasteiger partial charge is 0.366 e. The van der Waals surface area contributed by atoms with E-state index >= 15 is 0 Å². The molecule has 2 aromatic carbocycles. The molecule has 0 aliphatic rings. The maximum atomic E-state index is 13.0. The lowest BCUT2D eigenvalue weighted by Gasteiger charge is -2.08. The number of amides is 1. The molecule has 1 amide bonds. The molecule has 0 saturated heterocycles. The van der Waals surface area contributed by atoms with Crippen molar-refractivity contribution in [1.82, 2.24) is 10.2 Å². The van der Waals surface area contributed by atoms with E-state index in [1.54, 1.807) is 36.4 Å². The second kappa shape index (κ2) is 4.70. The van der Waals surface area contributed by atoms with E-state index in [-0.39, 0.29) is 5.82 Å². The van der Waals surface area contributed by atoms with E-state index in [0.717, 1.165) is 0 Å². The van der Waals surface area contributed by atoms with Gasteiger partial charge in [-0.1, -0.05) is 18.2 Å². The van der Waals surface area contributed by atoms with Gasteiger partial charge in [0.25, 0.3) is 5.91 Å². The van der Waals surface area contributed by atoms with Crippen LogP contribution in [0.5, 0.6) is 0 Å². The number of primary amides is 1. The van der Waals surface area contributed by atoms with Crippen LogP contribution in [0, 0.1) is 5.82 Å². The number of halogens is 1. The van der Waals surface area contributed by atoms with Crippen molar-refractivity contribution in [1.29, 1.82) is 0 Å². The summed E-state index contributed by atoms with van der Waals surface area (Å²) in [4.78, 5) is 11.8. The minimum atomic E-state index is -0.588. The fraction of sp³-hybridized carbons (Fsp3) is 0. The Kier molecular flexibility index (Phi) is 2.87. The van der Waals surface area contributed by atoms with Gasteiger partial charge in [-0.25, -0.2) is 4.39 Å². The van der Waals surface area contributed by atoms with E-state index in [4.69, 9.17) is 5.73 Å². The van der Waals surface area contributed by atoms with E-state index in [0.29, 0.717) is 27.7 Å². The molecule has 0 bridgehead atoms. The van der Waals surface area contributed by atoms with Gasteiger partial charge >= 0.3 is 0 Å². The highest BCUT2D eigenvalue weighted by atomic mass is 19.1. The van der Waals surface area contributed by atoms with Crippen LogP contribution in [0.3, 0.4) is 0 Å². The summed E-state index contributed by atoms with van der Waals surface area (Å²) in [6, 6.07) is 12.8. The topological polar surface area (TPSA) is 68.9 Å². The Morgan fingerprint density at radius 2 is 1.70 bits per heavy atom. The van der Waals surface area contributed by atoms with E-state index in [2.05, 4.69) is 10.2 Å². The number of rotatable bonds is 2. The molecule has 0 atom stereocenters. The van der Waals surface area contributed by atoms with Crippen LogP contribution in [0.1, 0.15) is 10.4 Å². The number of hydrogen-bond acceptors (Lipinski definition) is 3. The molecule has 4 nitrogen and oxygen atoms in total. The zero-order valence-electron chi connectivity index (χ0n) is 10.4. The lowest BCUT2D eigenvalue weighted by Crippen LogP contribution is -2.14. The fourth-order valence-corrected chi connectivity index (χ4v) is 2.11. The first kappa shape index (κ1) is 12.2. The highest BCUT2D eigenvalue weighted by Crippen LogP contribution is 2.26. The number of nitrogens with zero attached hydrogens (tertiary/aromatic N) is 2. The molecule has 5 heteroatoms. The molecule has 0 unspecified atom stereocenters. The Balaban J connectivity index is 2.33. The monoisotopic (exact) mass is 267 g/mol. The summed E-state index contributed by atoms with van der Waals surface area (Å²) in [7, 11) is 0. The summed E-state index contributed by atoms with van der Waals surface area (Å²) in [6.07, 6.45) is 0. The Labute approximate surface area is 114 Å². The molecule has 1 heterocycles. The van der Waals surface area contributed by atoms with Crippen LogP contribution in [0.15, 0.2) is 48.5 Å². The van der Waals surface area contributed by atoms with Crippen molar-refractivity contribution in [2.75, 3.05) is 0 Å². The summed E-state index contributed by atoms with van der Waals surface area (Å²) >= 11 is 0. The zero-order valence-corrected chi connectivity index (χ0v) is 10.4. The molecule has 0 fully saturated rings. The summed E-state index contributed by atoms with van der Waals surface area (Å²) < 4.78 is 13.0. The molecule has 0 radical (unpaired) electrons. The number of nitrogens with two attached hydrogens (primary N) is 1. The number of carbonyl (C=O) groups is 1. The van der Waals surface area contributed by atoms with Gasteiger partial charge in [-0.05, 0) is 30.3 Å². The second-order valence-electron chi connectivity index (χ2n) is 4.31. The molecule has 2 N–H and O–H groups in total. The van der Waals surface area contributed by atoms with Crippen molar-refractivity contribution < 1.29 is 9.18 Å². The smallest absolute Gasteiger partial charge is 0.251 e. The molecular weight excluding hydrogens is 257 g/mol. The molecule has 3 rings (SSSR count). The van der Waals surface area contributed by atoms with Crippen molar-refractivity contribution in [3.8, 4) is 11.3 Å². The number of hydrogen-bond donors (Lipinski definition) is 1. The maximum absolute atomic E-state index is 13.0. The van der Waals surface area contributed by atoms with E-state index < -0.39 is 5.91 Å². The molecule has 0 aliphatic carbocycles. The Hall–Kier alpha value is -2.82. The van der Waals surface area contributed by atoms with Gasteiger partial charge < -0.3 is 5.73 Å². The first-order valence-electron chi connectivity index (χ1n) is 5.98. The average molecular weight is 267 g/mol. The summed E-state index contributed by atoms with van der Waals surface area (Å²) in [6.45, 7) is 0. The second-order valence-corrected chi connectivity index (χ2v) is 4.31. The molecule has 0 saturated carbocycles. The normalized spacial score (nSPS) is 10.7. The number of fused-ring (bicyclic) bond motifs is 1. The van der Waals surface area contributed by atoms with Crippen molar-refractivity contribution in [3.05, 3.63) is 59.9 Å². The predicted octanol–water partition coefficient (Wildman–Crippen LogP) is 2.53. The number of benzene rings is 2. The van der Waals surface area contributed by atoms with Crippen LogP contribution in [0.25, 0.3) is 22.2 Å². The SMILES string of the molecule is NC(=O)c1c(-c2ccc(F)cc2)nnc2ccccc12. The minimum Gasteiger partial charge on any atom is -0.366 e. The van der Waals surface area contributed by atoms with Crippen LogP contribution in [-0.4, -0.2) is 16.1 Å². The molecule has 20 heavy (non-hydrogen) atoms. The van der Waals surface area contributed by atoms with Crippen molar-refractivity contribution in [3.63, 3.8) is 0 Å². The number of aromatic nitrogens is 2. The van der Waals surface area contributed by atoms with E-state index in [9.17, 15) is 9.18 Å². The molecular formula is C15H10FN3O. The third-order valence-electron chi connectivity index (χ3n) is 3.03. The first-order valence-corrected chi connectivity index (χ1v) is 5.98. The Bertz CT molecular complexity index is 800. The van der Waals surface area contributed by atoms with Gasteiger partial charge in [-0.2, -0.15) is 0 Å². The van der Waals surface area contributed by atoms with Gasteiger partial charge in [0.15, 0.2) is 0 Å². The Morgan fingerprint density at radius 1 is 1.00 bits per heavy atom. The lowest BCUT2D eigenvalue weighted by atomic mass is 10.0. The highest BCUT2D eigenvalue weighted by molar-refractivity contribution is 6.09. The van der Waals surface area contributed by atoms with Crippen LogP contribution in [-0.2, 0) is 0 Å². The van der Waals surface area contributed by atoms with Crippen molar-refractivity contribution >= 4 is 16.8 Å². The average Bonchev–Trinajstić information content (AvgIpc) is 2.46. The van der Waals surface area contributed by atoms with E-state index in [1.165, 1.54) is 12.1 Å². The summed E-state index contributed by atoms with van der Waals surface area (Å²) in [5, 5.41) is 8.76. The first-order chi connectivity index (χ1) is 9.66. The third-order valence-corrected chi connectivity index (χ3v) is 3.03. The van der Waals surface area contributed by atoms with Gasteiger partial charge in [-0.15, -0.1) is 10.2 Å². The van der Waals surface area contributed by atoms with Gasteiger partial charge in [0.2, 0.25) is 0 Å². The van der Waals surface area contributed by atoms with Gasteiger partial charge in [0, 0.05) is 10.9 Å². The van der Waals surface area contributed by atoms with Crippen LogP contribution in [0.2, 0.25) is 0 Å². The van der Waals surface area contributed by atoms with Crippen molar-refractivity contribution in [2.45, 2.75) is 0 Å². The van der Waals surface area contributed by atoms with Crippen molar-refractivity contribution in [2.24, 2.45) is 5.73 Å². The number of carbonyl (C=O) groups excluding carboxylic acids is 1. The summed E-state index contributed by atoms with van der Waals surface area (Å²) in [5.41, 5.74) is 7.30. The van der Waals surface area contributed by atoms with Gasteiger partial charge in [-0.3, -0.25) is 4.79 Å². The van der Waals surface area contributed by atoms with Crippen LogP contribution in [0.4, 0.5) is 4.39 Å². The molecule has 1 aromatic heterocycles. The van der Waals surface area contributed by atoms with Crippen LogP contribution < -0.4 is 5.73 Å². The standard InChI is InChI=1S/C15H10FN3O/c16-10-7-5-9(6-8-10)14-13(15(17)20)11-3-1-2-4-12(11)18-19-14/h1-8H,(H2,17,20). The zero-order chi connectivity index (χ0) is 14.1. The van der Waals surface area contributed by atoms with Gasteiger partial charge in [0.05, 0.1) is 11.1 Å². The third kappa shape index (κ3) is 1.99. The van der Waals surface area contributed by atoms with E-state index in [1.807, 2.05) is 0 Å². The molecule has 3 aromatic rings. The highest BCUT2D eigenvalue weighted by Gasteiger charge is 2.16. The minimum absolute atomic E-state index is 0.294. The quantitative estimate of drug-likeness (QED) is 0.775. The fourth-order valence-electron chi connectivity index (χ4n) is 2.11. The maximum Gasteiger partial charge on any atom is 0.251 e. The molecule has 0 aliphatic heterocycles. The van der Waals surface area contributed by atoms with Gasteiger partial charge in [0.1, 0.15) is 11.5 Å². The Morgan fingerprint density at radius 3 is 2.40 bits per heavy atom. The molecule has 0 spiro atoms. The lowest BCUT2D eigenvalue weighted by molar-refractivity contribution is 0.100. The van der Waals surface area contributed by atoms with Crippen LogP contribution >= 0.6 is 0 Å². The summed E-state index contributed by atoms with van der Waals surface area (Å²) in [5.74, 6) is -0.946. The predicted molar refractivity (Wildman–Crippen MR) is 73.4 cm³/mol. The molecule has 98 valence electrons.